The molecule has 0 aliphatic carbocycles. The van der Waals surface area contributed by atoms with Gasteiger partial charge in [0.05, 0.1) is 11.5 Å². The number of rotatable bonds is 3. The first-order valence-corrected chi connectivity index (χ1v) is 6.89. The fraction of sp³-hybridized carbons (Fsp3) is 0.0769. The Morgan fingerprint density at radius 2 is 1.61 bits per heavy atom. The molecule has 2 aromatic rings. The van der Waals surface area contributed by atoms with Crippen molar-refractivity contribution >= 4 is 10.0 Å². The Morgan fingerprint density at radius 1 is 1.00 bits per heavy atom. The summed E-state index contributed by atoms with van der Waals surface area (Å²) in [5.41, 5.74) is 2.51. The largest absolute Gasteiger partial charge is 0.392 e. The number of hydrogen-bond acceptors (Lipinski definition) is 3. The van der Waals surface area contributed by atoms with E-state index in [1.165, 1.54) is 12.1 Å². The van der Waals surface area contributed by atoms with Crippen molar-refractivity contribution in [2.24, 2.45) is 5.14 Å². The molecule has 0 aliphatic heterocycles. The van der Waals surface area contributed by atoms with Gasteiger partial charge in [0, 0.05) is 0 Å². The molecule has 0 saturated carbocycles. The monoisotopic (exact) mass is 263 g/mol. The zero-order valence-corrected chi connectivity index (χ0v) is 10.4. The van der Waals surface area contributed by atoms with E-state index < -0.39 is 10.0 Å². The third-order valence-electron chi connectivity index (χ3n) is 2.68. The fourth-order valence-corrected chi connectivity index (χ4v) is 2.28. The number of benzene rings is 2. The maximum Gasteiger partial charge on any atom is 0.238 e. The molecular weight excluding hydrogens is 250 g/mol. The number of sulfonamides is 1. The number of primary sulfonamides is 1. The summed E-state index contributed by atoms with van der Waals surface area (Å²) in [6.07, 6.45) is 0. The van der Waals surface area contributed by atoms with E-state index in [9.17, 15) is 13.5 Å². The quantitative estimate of drug-likeness (QED) is 0.880. The Bertz CT molecular complexity index is 648. The first kappa shape index (κ1) is 12.8. The normalized spacial score (nSPS) is 11.4. The summed E-state index contributed by atoms with van der Waals surface area (Å²) in [7, 11) is -3.67. The minimum atomic E-state index is -3.67. The lowest BCUT2D eigenvalue weighted by Gasteiger charge is -2.07. The number of hydrogen-bond donors (Lipinski definition) is 2. The summed E-state index contributed by atoms with van der Waals surface area (Å²) in [5.74, 6) is 0. The van der Waals surface area contributed by atoms with E-state index in [1.54, 1.807) is 12.1 Å². The molecule has 0 aliphatic rings. The molecule has 0 radical (unpaired) electrons. The zero-order chi connectivity index (χ0) is 13.2. The van der Waals surface area contributed by atoms with Crippen LogP contribution in [-0.4, -0.2) is 13.5 Å². The molecule has 0 spiro atoms. The highest BCUT2D eigenvalue weighted by atomic mass is 32.2. The van der Waals surface area contributed by atoms with Crippen LogP contribution in [-0.2, 0) is 16.6 Å². The molecule has 5 heteroatoms. The smallest absolute Gasteiger partial charge is 0.238 e. The van der Waals surface area contributed by atoms with Gasteiger partial charge in [-0.15, -0.1) is 0 Å². The molecule has 0 atom stereocenters. The van der Waals surface area contributed by atoms with Gasteiger partial charge in [0.2, 0.25) is 10.0 Å². The second-order valence-corrected chi connectivity index (χ2v) is 5.45. The van der Waals surface area contributed by atoms with Crippen LogP contribution in [0.3, 0.4) is 0 Å². The Kier molecular flexibility index (Phi) is 3.47. The Morgan fingerprint density at radius 3 is 2.17 bits per heavy atom. The molecule has 0 bridgehead atoms. The van der Waals surface area contributed by atoms with E-state index >= 15 is 0 Å². The van der Waals surface area contributed by atoms with Crippen LogP contribution in [0.5, 0.6) is 0 Å². The molecule has 2 aromatic carbocycles. The average Bonchev–Trinajstić information content (AvgIpc) is 2.38. The van der Waals surface area contributed by atoms with Crippen LogP contribution in [0.15, 0.2) is 53.4 Å². The summed E-state index contributed by atoms with van der Waals surface area (Å²) in [6, 6.07) is 13.7. The van der Waals surface area contributed by atoms with E-state index in [0.717, 1.165) is 16.7 Å². The van der Waals surface area contributed by atoms with Crippen LogP contribution in [0, 0.1) is 0 Å². The van der Waals surface area contributed by atoms with Gasteiger partial charge in [0.15, 0.2) is 0 Å². The molecule has 0 saturated heterocycles. The van der Waals surface area contributed by atoms with Gasteiger partial charge in [0.1, 0.15) is 0 Å². The second kappa shape index (κ2) is 4.89. The molecular formula is C13H13NO3S. The highest BCUT2D eigenvalue weighted by Gasteiger charge is 2.08. The third-order valence-corrected chi connectivity index (χ3v) is 3.61. The number of aliphatic hydroxyl groups excluding tert-OH is 1. The molecule has 0 fully saturated rings. The average molecular weight is 263 g/mol. The first-order chi connectivity index (χ1) is 8.52. The summed E-state index contributed by atoms with van der Waals surface area (Å²) in [5, 5.41) is 14.3. The van der Waals surface area contributed by atoms with Gasteiger partial charge in [-0.3, -0.25) is 0 Å². The lowest BCUT2D eigenvalue weighted by Crippen LogP contribution is -2.11. The van der Waals surface area contributed by atoms with Gasteiger partial charge < -0.3 is 5.11 Å². The van der Waals surface area contributed by atoms with E-state index in [-0.39, 0.29) is 11.5 Å². The fourth-order valence-electron chi connectivity index (χ4n) is 1.76. The first-order valence-electron chi connectivity index (χ1n) is 5.34. The van der Waals surface area contributed by atoms with Crippen molar-refractivity contribution in [3.63, 3.8) is 0 Å². The van der Waals surface area contributed by atoms with E-state index in [1.807, 2.05) is 24.3 Å². The minimum absolute atomic E-state index is 0.0624. The van der Waals surface area contributed by atoms with Crippen molar-refractivity contribution in [3.05, 3.63) is 54.1 Å². The minimum Gasteiger partial charge on any atom is -0.392 e. The highest BCUT2D eigenvalue weighted by molar-refractivity contribution is 7.89. The Balaban J connectivity index is 2.47. The Labute approximate surface area is 106 Å². The number of aliphatic hydroxyl groups is 1. The second-order valence-electron chi connectivity index (χ2n) is 3.88. The number of nitrogens with two attached hydrogens (primary N) is 1. The van der Waals surface area contributed by atoms with Gasteiger partial charge in [-0.2, -0.15) is 0 Å². The zero-order valence-electron chi connectivity index (χ0n) is 9.58. The summed E-state index contributed by atoms with van der Waals surface area (Å²) < 4.78 is 22.3. The van der Waals surface area contributed by atoms with Gasteiger partial charge in [-0.05, 0) is 28.8 Å². The van der Waals surface area contributed by atoms with Crippen molar-refractivity contribution in [1.29, 1.82) is 0 Å². The summed E-state index contributed by atoms with van der Waals surface area (Å²) in [6.45, 7) is -0.0624. The van der Waals surface area contributed by atoms with Crippen molar-refractivity contribution in [2.45, 2.75) is 11.5 Å². The molecule has 0 amide bonds. The molecule has 2 rings (SSSR count). The van der Waals surface area contributed by atoms with Gasteiger partial charge >= 0.3 is 0 Å². The van der Waals surface area contributed by atoms with E-state index in [0.29, 0.717) is 0 Å². The van der Waals surface area contributed by atoms with Crippen LogP contribution >= 0.6 is 0 Å². The third kappa shape index (κ3) is 2.59. The molecule has 0 heterocycles. The van der Waals surface area contributed by atoms with Crippen molar-refractivity contribution in [3.8, 4) is 11.1 Å². The lowest BCUT2D eigenvalue weighted by atomic mass is 10.0. The maximum atomic E-state index is 11.1. The van der Waals surface area contributed by atoms with Crippen molar-refractivity contribution in [1.82, 2.24) is 0 Å². The van der Waals surface area contributed by atoms with E-state index in [4.69, 9.17) is 5.14 Å². The maximum absolute atomic E-state index is 11.1. The van der Waals surface area contributed by atoms with Crippen LogP contribution < -0.4 is 5.14 Å². The standard InChI is InChI=1S/C13H13NO3S/c14-18(16,17)12-7-5-10(6-8-12)13-4-2-1-3-11(13)9-15/h1-8,15H,9H2,(H2,14,16,17). The molecule has 4 nitrogen and oxygen atoms in total. The predicted molar refractivity (Wildman–Crippen MR) is 69.2 cm³/mol. The van der Waals surface area contributed by atoms with Gasteiger partial charge in [-0.1, -0.05) is 36.4 Å². The van der Waals surface area contributed by atoms with Crippen LogP contribution in [0.25, 0.3) is 11.1 Å². The van der Waals surface area contributed by atoms with Crippen molar-refractivity contribution in [2.75, 3.05) is 0 Å². The van der Waals surface area contributed by atoms with Crippen molar-refractivity contribution < 1.29 is 13.5 Å². The Hall–Kier alpha value is -1.69. The predicted octanol–water partition coefficient (Wildman–Crippen LogP) is 1.49. The van der Waals surface area contributed by atoms with Crippen LogP contribution in [0.2, 0.25) is 0 Å². The SMILES string of the molecule is NS(=O)(=O)c1ccc(-c2ccccc2CO)cc1. The van der Waals surface area contributed by atoms with Gasteiger partial charge in [-0.25, -0.2) is 13.6 Å². The molecule has 18 heavy (non-hydrogen) atoms. The summed E-state index contributed by atoms with van der Waals surface area (Å²) >= 11 is 0. The molecule has 3 N–H and O–H groups in total. The van der Waals surface area contributed by atoms with Crippen LogP contribution in [0.4, 0.5) is 0 Å². The van der Waals surface area contributed by atoms with E-state index in [2.05, 4.69) is 0 Å². The van der Waals surface area contributed by atoms with Crippen LogP contribution in [0.1, 0.15) is 5.56 Å². The topological polar surface area (TPSA) is 80.4 Å². The van der Waals surface area contributed by atoms with Gasteiger partial charge in [0.25, 0.3) is 0 Å². The molecule has 0 aromatic heterocycles. The highest BCUT2D eigenvalue weighted by Crippen LogP contribution is 2.24. The lowest BCUT2D eigenvalue weighted by molar-refractivity contribution is 0.282. The summed E-state index contributed by atoms with van der Waals surface area (Å²) in [4.78, 5) is 0.0766. The molecule has 0 unspecified atom stereocenters. The molecule has 94 valence electrons.